The summed E-state index contributed by atoms with van der Waals surface area (Å²) in [6.45, 7) is 16.7. The lowest BCUT2D eigenvalue weighted by Crippen LogP contribution is -2.51. The molecule has 0 aromatic heterocycles. The van der Waals surface area contributed by atoms with E-state index >= 15 is 0 Å². The molecule has 0 radical (unpaired) electrons. The van der Waals surface area contributed by atoms with E-state index in [-0.39, 0.29) is 6.10 Å². The summed E-state index contributed by atoms with van der Waals surface area (Å²) in [6, 6.07) is 0. The number of aliphatic hydroxyl groups is 1. The van der Waals surface area contributed by atoms with E-state index < -0.39 is 0 Å². The Bertz CT molecular complexity index is 702. The minimum Gasteiger partial charge on any atom is -0.393 e. The van der Waals surface area contributed by atoms with Crippen molar-refractivity contribution < 1.29 is 5.11 Å². The minimum atomic E-state index is -0.0817. The van der Waals surface area contributed by atoms with Crippen molar-refractivity contribution in [2.45, 2.75) is 105 Å². The molecule has 5 rings (SSSR count). The summed E-state index contributed by atoms with van der Waals surface area (Å²) in [6.07, 6.45) is 15.6. The van der Waals surface area contributed by atoms with Crippen LogP contribution in [0.1, 0.15) is 98.8 Å². The maximum absolute atomic E-state index is 10.3. The molecule has 4 fully saturated rings. The molecular weight excluding hydrogens is 378 g/mol. The molecule has 1 N–H and O–H groups in total. The van der Waals surface area contributed by atoms with Crippen molar-refractivity contribution in [2.24, 2.45) is 45.8 Å². The largest absolute Gasteiger partial charge is 0.393 e. The molecule has 0 spiro atoms. The van der Waals surface area contributed by atoms with Crippen LogP contribution in [0.4, 0.5) is 0 Å². The van der Waals surface area contributed by atoms with Crippen LogP contribution < -0.4 is 0 Å². The molecule has 3 saturated carbocycles. The predicted octanol–water partition coefficient (Wildman–Crippen LogP) is 6.68. The molecule has 0 aromatic carbocycles. The van der Waals surface area contributed by atoms with Gasteiger partial charge in [0.2, 0.25) is 0 Å². The van der Waals surface area contributed by atoms with Crippen molar-refractivity contribution in [3.63, 3.8) is 0 Å². The third-order valence-corrected chi connectivity index (χ3v) is 11.6. The average molecular weight is 428 g/mol. The zero-order chi connectivity index (χ0) is 22.0. The van der Waals surface area contributed by atoms with Crippen LogP contribution in [0.15, 0.2) is 11.6 Å². The van der Waals surface area contributed by atoms with Gasteiger partial charge in [0.05, 0.1) is 6.10 Å². The van der Waals surface area contributed by atoms with Gasteiger partial charge >= 0.3 is 0 Å². The number of piperidine rings is 1. The number of hydrogen-bond donors (Lipinski definition) is 1. The van der Waals surface area contributed by atoms with Gasteiger partial charge in [-0.2, -0.15) is 0 Å². The molecule has 8 atom stereocenters. The molecule has 0 bridgehead atoms. The van der Waals surface area contributed by atoms with E-state index in [1.807, 2.05) is 0 Å². The third-order valence-electron chi connectivity index (χ3n) is 11.6. The first kappa shape index (κ1) is 22.5. The van der Waals surface area contributed by atoms with Gasteiger partial charge in [-0.15, -0.1) is 0 Å². The van der Waals surface area contributed by atoms with Crippen molar-refractivity contribution in [3.05, 3.63) is 11.6 Å². The van der Waals surface area contributed by atoms with Crippen LogP contribution >= 0.6 is 0 Å². The third kappa shape index (κ3) is 3.76. The van der Waals surface area contributed by atoms with E-state index in [4.69, 9.17) is 0 Å². The van der Waals surface area contributed by atoms with Gasteiger partial charge in [0.1, 0.15) is 0 Å². The highest BCUT2D eigenvalue weighted by Gasteiger charge is 2.59. The van der Waals surface area contributed by atoms with Crippen molar-refractivity contribution in [2.75, 3.05) is 19.6 Å². The van der Waals surface area contributed by atoms with E-state index in [1.54, 1.807) is 5.57 Å². The van der Waals surface area contributed by atoms with E-state index in [2.05, 4.69) is 45.6 Å². The number of rotatable bonds is 3. The maximum Gasteiger partial charge on any atom is 0.0577 e. The van der Waals surface area contributed by atoms with Crippen LogP contribution in [0, 0.1) is 45.8 Å². The molecule has 1 aliphatic heterocycles. The molecule has 2 nitrogen and oxygen atoms in total. The molecule has 1 saturated heterocycles. The highest BCUT2D eigenvalue weighted by atomic mass is 16.3. The van der Waals surface area contributed by atoms with Crippen LogP contribution in [0.5, 0.6) is 0 Å². The molecule has 176 valence electrons. The molecule has 31 heavy (non-hydrogen) atoms. The van der Waals surface area contributed by atoms with Crippen LogP contribution in [0.2, 0.25) is 0 Å². The molecule has 5 aliphatic rings. The fourth-order valence-electron chi connectivity index (χ4n) is 9.49. The Morgan fingerprint density at radius 2 is 1.71 bits per heavy atom. The Labute approximate surface area is 192 Å². The Balaban J connectivity index is 1.29. The SMILES string of the molecule is C[C@H](CN1CCC(C)(C)CC1)[C@H]1CCC2C3CC=C4C[C@@H](O)CC[C@]4(C)C3CC[C@@]21C. The number of fused-ring (bicyclic) bond motifs is 5. The smallest absolute Gasteiger partial charge is 0.0577 e. The van der Waals surface area contributed by atoms with E-state index in [1.165, 1.54) is 71.0 Å². The maximum atomic E-state index is 10.3. The number of allylic oxidation sites excluding steroid dienone is 1. The molecular formula is C29H49NO. The average Bonchev–Trinajstić information content (AvgIpc) is 3.07. The Hall–Kier alpha value is -0.340. The zero-order valence-corrected chi connectivity index (χ0v) is 21.1. The van der Waals surface area contributed by atoms with Gasteiger partial charge in [0, 0.05) is 6.54 Å². The minimum absolute atomic E-state index is 0.0817. The van der Waals surface area contributed by atoms with E-state index in [0.29, 0.717) is 16.2 Å². The number of aliphatic hydroxyl groups excluding tert-OH is 1. The zero-order valence-electron chi connectivity index (χ0n) is 21.1. The molecule has 1 heterocycles. The standard InChI is InChI=1S/C29H49NO/c1-20(19-30-16-14-27(2,3)15-17-30)24-8-9-25-23-7-6-21-18-22(31)10-12-28(21,4)26(23)11-13-29(24,25)5/h6,20,22-26,31H,7-19H2,1-5H3/t20-,22+,23?,24-,25?,26?,28+,29-/m1/s1. The summed E-state index contributed by atoms with van der Waals surface area (Å²) >= 11 is 0. The summed E-state index contributed by atoms with van der Waals surface area (Å²) in [7, 11) is 0. The van der Waals surface area contributed by atoms with Gasteiger partial charge in [-0.1, -0.05) is 46.3 Å². The van der Waals surface area contributed by atoms with E-state index in [0.717, 1.165) is 42.4 Å². The molecule has 2 heteroatoms. The quantitative estimate of drug-likeness (QED) is 0.508. The summed E-state index contributed by atoms with van der Waals surface area (Å²) in [5.74, 6) is 4.45. The Kier molecular flexibility index (Phi) is 5.70. The second-order valence-corrected chi connectivity index (χ2v) is 13.8. The van der Waals surface area contributed by atoms with Gasteiger partial charge in [0.15, 0.2) is 0 Å². The summed E-state index contributed by atoms with van der Waals surface area (Å²) in [5.41, 5.74) is 3.12. The lowest BCUT2D eigenvalue weighted by molar-refractivity contribution is -0.0592. The monoisotopic (exact) mass is 427 g/mol. The normalized spacial score (nSPS) is 48.3. The highest BCUT2D eigenvalue weighted by molar-refractivity contribution is 5.25. The topological polar surface area (TPSA) is 23.5 Å². The first-order chi connectivity index (χ1) is 14.6. The van der Waals surface area contributed by atoms with E-state index in [9.17, 15) is 5.11 Å². The van der Waals surface area contributed by atoms with Crippen LogP contribution in [-0.4, -0.2) is 35.7 Å². The van der Waals surface area contributed by atoms with Gasteiger partial charge < -0.3 is 10.0 Å². The lowest BCUT2D eigenvalue weighted by atomic mass is 9.47. The number of likely N-dealkylation sites (tertiary alicyclic amines) is 1. The predicted molar refractivity (Wildman–Crippen MR) is 130 cm³/mol. The second kappa shape index (κ2) is 7.86. The molecule has 4 aliphatic carbocycles. The second-order valence-electron chi connectivity index (χ2n) is 13.8. The van der Waals surface area contributed by atoms with Gasteiger partial charge in [0.25, 0.3) is 0 Å². The highest BCUT2D eigenvalue weighted by Crippen LogP contribution is 2.67. The lowest BCUT2D eigenvalue weighted by Gasteiger charge is -2.58. The summed E-state index contributed by atoms with van der Waals surface area (Å²) in [5, 5.41) is 10.3. The van der Waals surface area contributed by atoms with Crippen LogP contribution in [0.25, 0.3) is 0 Å². The van der Waals surface area contributed by atoms with Crippen LogP contribution in [0.3, 0.4) is 0 Å². The van der Waals surface area contributed by atoms with Gasteiger partial charge in [-0.3, -0.25) is 0 Å². The fourth-order valence-corrected chi connectivity index (χ4v) is 9.49. The van der Waals surface area contributed by atoms with Gasteiger partial charge in [-0.25, -0.2) is 0 Å². The molecule has 0 aromatic rings. The number of hydrogen-bond acceptors (Lipinski definition) is 2. The Morgan fingerprint density at radius 1 is 0.968 bits per heavy atom. The molecule has 3 unspecified atom stereocenters. The van der Waals surface area contributed by atoms with Crippen molar-refractivity contribution in [1.29, 1.82) is 0 Å². The molecule has 0 amide bonds. The summed E-state index contributed by atoms with van der Waals surface area (Å²) in [4.78, 5) is 2.79. The van der Waals surface area contributed by atoms with Crippen molar-refractivity contribution in [1.82, 2.24) is 4.90 Å². The summed E-state index contributed by atoms with van der Waals surface area (Å²) < 4.78 is 0. The van der Waals surface area contributed by atoms with Crippen molar-refractivity contribution in [3.8, 4) is 0 Å². The fraction of sp³-hybridized carbons (Fsp3) is 0.931. The van der Waals surface area contributed by atoms with Gasteiger partial charge in [-0.05, 0) is 123 Å². The van der Waals surface area contributed by atoms with Crippen LogP contribution in [-0.2, 0) is 0 Å². The number of nitrogens with zero attached hydrogens (tertiary/aromatic N) is 1. The first-order valence-electron chi connectivity index (χ1n) is 13.7. The van der Waals surface area contributed by atoms with Crippen molar-refractivity contribution >= 4 is 0 Å². The first-order valence-corrected chi connectivity index (χ1v) is 13.7. The Morgan fingerprint density at radius 3 is 2.45 bits per heavy atom.